The summed E-state index contributed by atoms with van der Waals surface area (Å²) in [7, 11) is 1.77. The normalized spacial score (nSPS) is 14.4. The Morgan fingerprint density at radius 2 is 1.77 bits per heavy atom. The van der Waals surface area contributed by atoms with Crippen LogP contribution in [-0.2, 0) is 9.53 Å². The fourth-order valence-electron chi connectivity index (χ4n) is 1.09. The predicted molar refractivity (Wildman–Crippen MR) is 53.5 cm³/mol. The summed E-state index contributed by atoms with van der Waals surface area (Å²) in [6.07, 6.45) is 0. The topological polar surface area (TPSA) is 38.3 Å². The van der Waals surface area contributed by atoms with Gasteiger partial charge in [-0.2, -0.15) is 0 Å². The van der Waals surface area contributed by atoms with E-state index in [0.717, 1.165) is 0 Å². The summed E-state index contributed by atoms with van der Waals surface area (Å²) in [5.41, 5.74) is -0.402. The van der Waals surface area contributed by atoms with E-state index in [1.54, 1.807) is 7.05 Å². The third kappa shape index (κ3) is 4.88. The second-order valence-electron chi connectivity index (χ2n) is 4.54. The molecule has 0 aliphatic heterocycles. The summed E-state index contributed by atoms with van der Waals surface area (Å²) in [4.78, 5) is 11.5. The Morgan fingerprint density at radius 1 is 1.31 bits per heavy atom. The molecule has 0 rings (SSSR count). The van der Waals surface area contributed by atoms with Gasteiger partial charge in [-0.15, -0.1) is 0 Å². The van der Waals surface area contributed by atoms with Gasteiger partial charge in [0.15, 0.2) is 0 Å². The first-order valence-corrected chi connectivity index (χ1v) is 4.68. The van der Waals surface area contributed by atoms with Gasteiger partial charge in [0.2, 0.25) is 0 Å². The van der Waals surface area contributed by atoms with Crippen molar-refractivity contribution in [2.45, 2.75) is 46.3 Å². The number of esters is 1. The Morgan fingerprint density at radius 3 is 2.00 bits per heavy atom. The molecule has 0 aromatic heterocycles. The number of hydrogen-bond acceptors (Lipinski definition) is 3. The van der Waals surface area contributed by atoms with Crippen molar-refractivity contribution < 1.29 is 9.53 Å². The molecule has 0 amide bonds. The lowest BCUT2D eigenvalue weighted by Crippen LogP contribution is -2.42. The monoisotopic (exact) mass is 187 g/mol. The van der Waals surface area contributed by atoms with Gasteiger partial charge in [-0.05, 0) is 33.7 Å². The maximum Gasteiger partial charge on any atom is 0.323 e. The Kier molecular flexibility index (Phi) is 4.40. The quantitative estimate of drug-likeness (QED) is 0.682. The minimum absolute atomic E-state index is 0.176. The molecule has 0 bridgehead atoms. The molecule has 0 spiro atoms. The van der Waals surface area contributed by atoms with E-state index < -0.39 is 5.60 Å². The number of nitrogens with one attached hydrogen (secondary N) is 1. The third-order valence-corrected chi connectivity index (χ3v) is 1.64. The Bertz CT molecular complexity index is 170. The number of ether oxygens (including phenoxy) is 1. The van der Waals surface area contributed by atoms with E-state index in [2.05, 4.69) is 5.32 Å². The molecule has 3 nitrogen and oxygen atoms in total. The van der Waals surface area contributed by atoms with Gasteiger partial charge in [0.1, 0.15) is 11.6 Å². The van der Waals surface area contributed by atoms with Crippen LogP contribution >= 0.6 is 0 Å². The molecule has 0 unspecified atom stereocenters. The minimum atomic E-state index is -0.402. The van der Waals surface area contributed by atoms with Gasteiger partial charge in [0.25, 0.3) is 0 Å². The number of carbonyl (C=O) groups is 1. The van der Waals surface area contributed by atoms with Crippen LogP contribution in [0, 0.1) is 5.92 Å². The van der Waals surface area contributed by atoms with E-state index in [-0.39, 0.29) is 17.9 Å². The number of carbonyl (C=O) groups excluding carboxylic acids is 1. The summed E-state index contributed by atoms with van der Waals surface area (Å²) in [6, 6.07) is -0.209. The van der Waals surface area contributed by atoms with Crippen molar-refractivity contribution in [1.82, 2.24) is 5.32 Å². The van der Waals surface area contributed by atoms with E-state index in [0.29, 0.717) is 0 Å². The molecule has 78 valence electrons. The average molecular weight is 187 g/mol. The van der Waals surface area contributed by atoms with Gasteiger partial charge in [0, 0.05) is 0 Å². The first-order chi connectivity index (χ1) is 5.78. The average Bonchev–Trinajstić information content (AvgIpc) is 1.82. The zero-order valence-electron chi connectivity index (χ0n) is 9.47. The van der Waals surface area contributed by atoms with Crippen LogP contribution in [0.1, 0.15) is 34.6 Å². The largest absolute Gasteiger partial charge is 0.459 e. The summed E-state index contributed by atoms with van der Waals surface area (Å²) >= 11 is 0. The molecule has 0 aromatic rings. The molecular weight excluding hydrogens is 166 g/mol. The Hall–Kier alpha value is -0.570. The molecule has 1 atom stereocenters. The maximum absolute atomic E-state index is 11.5. The molecule has 0 fully saturated rings. The number of rotatable bonds is 3. The minimum Gasteiger partial charge on any atom is -0.459 e. The third-order valence-electron chi connectivity index (χ3n) is 1.64. The second-order valence-corrected chi connectivity index (χ2v) is 4.54. The SMILES string of the molecule is CN[C@H](C(=O)OC(C)(C)C)C(C)C. The van der Waals surface area contributed by atoms with Crippen molar-refractivity contribution in [3.63, 3.8) is 0 Å². The maximum atomic E-state index is 11.5. The van der Waals surface area contributed by atoms with Gasteiger partial charge in [-0.1, -0.05) is 13.8 Å². The van der Waals surface area contributed by atoms with Gasteiger partial charge < -0.3 is 10.1 Å². The van der Waals surface area contributed by atoms with E-state index >= 15 is 0 Å². The van der Waals surface area contributed by atoms with Crippen molar-refractivity contribution in [2.75, 3.05) is 7.05 Å². The molecule has 0 aliphatic rings. The zero-order chi connectivity index (χ0) is 10.6. The fraction of sp³-hybridized carbons (Fsp3) is 0.900. The molecule has 3 heteroatoms. The highest BCUT2D eigenvalue weighted by atomic mass is 16.6. The summed E-state index contributed by atoms with van der Waals surface area (Å²) < 4.78 is 5.25. The van der Waals surface area contributed by atoms with Crippen LogP contribution in [0.2, 0.25) is 0 Å². The number of hydrogen-bond donors (Lipinski definition) is 1. The molecule has 0 aliphatic carbocycles. The van der Waals surface area contributed by atoms with Crippen molar-refractivity contribution in [2.24, 2.45) is 5.92 Å². The smallest absolute Gasteiger partial charge is 0.323 e. The Balaban J connectivity index is 4.23. The molecule has 0 saturated heterocycles. The summed E-state index contributed by atoms with van der Waals surface area (Å²) in [6.45, 7) is 9.60. The lowest BCUT2D eigenvalue weighted by molar-refractivity contribution is -0.158. The van der Waals surface area contributed by atoms with Gasteiger partial charge in [-0.25, -0.2) is 0 Å². The highest BCUT2D eigenvalue weighted by Gasteiger charge is 2.25. The molecule has 0 radical (unpaired) electrons. The predicted octanol–water partition coefficient (Wildman–Crippen LogP) is 1.57. The van der Waals surface area contributed by atoms with E-state index in [1.165, 1.54) is 0 Å². The second kappa shape index (κ2) is 4.61. The van der Waals surface area contributed by atoms with Crippen molar-refractivity contribution in [1.29, 1.82) is 0 Å². The molecule has 0 aromatic carbocycles. The van der Waals surface area contributed by atoms with Crippen LogP contribution in [0.3, 0.4) is 0 Å². The molecule has 1 N–H and O–H groups in total. The van der Waals surface area contributed by atoms with Gasteiger partial charge in [-0.3, -0.25) is 4.79 Å². The number of likely N-dealkylation sites (N-methyl/N-ethyl adjacent to an activating group) is 1. The van der Waals surface area contributed by atoms with Gasteiger partial charge in [0.05, 0.1) is 0 Å². The van der Waals surface area contributed by atoms with Crippen molar-refractivity contribution >= 4 is 5.97 Å². The summed E-state index contributed by atoms with van der Waals surface area (Å²) in [5.74, 6) is 0.0739. The van der Waals surface area contributed by atoms with Crippen LogP contribution in [0.15, 0.2) is 0 Å². The van der Waals surface area contributed by atoms with Crippen LogP contribution in [0.4, 0.5) is 0 Å². The van der Waals surface area contributed by atoms with E-state index in [9.17, 15) is 4.79 Å². The van der Waals surface area contributed by atoms with Crippen molar-refractivity contribution in [3.05, 3.63) is 0 Å². The molecule has 13 heavy (non-hydrogen) atoms. The lowest BCUT2D eigenvalue weighted by Gasteiger charge is -2.25. The molecule has 0 saturated carbocycles. The van der Waals surface area contributed by atoms with Gasteiger partial charge >= 0.3 is 5.97 Å². The zero-order valence-corrected chi connectivity index (χ0v) is 9.47. The van der Waals surface area contributed by atoms with E-state index in [1.807, 2.05) is 34.6 Å². The standard InChI is InChI=1S/C10H21NO2/c1-7(2)8(11-6)9(12)13-10(3,4)5/h7-8,11H,1-6H3/t8-/m0/s1. The van der Waals surface area contributed by atoms with Crippen LogP contribution < -0.4 is 5.32 Å². The Labute approximate surface area is 80.8 Å². The van der Waals surface area contributed by atoms with E-state index in [4.69, 9.17) is 4.74 Å². The molecule has 0 heterocycles. The molecular formula is C10H21NO2. The van der Waals surface area contributed by atoms with Crippen LogP contribution in [-0.4, -0.2) is 24.7 Å². The lowest BCUT2D eigenvalue weighted by atomic mass is 10.0. The van der Waals surface area contributed by atoms with Crippen LogP contribution in [0.5, 0.6) is 0 Å². The first kappa shape index (κ1) is 12.4. The highest BCUT2D eigenvalue weighted by molar-refractivity contribution is 5.76. The van der Waals surface area contributed by atoms with Crippen LogP contribution in [0.25, 0.3) is 0 Å². The summed E-state index contributed by atoms with van der Waals surface area (Å²) in [5, 5.41) is 2.95. The fourth-order valence-corrected chi connectivity index (χ4v) is 1.09. The van der Waals surface area contributed by atoms with Crippen molar-refractivity contribution in [3.8, 4) is 0 Å². The highest BCUT2D eigenvalue weighted by Crippen LogP contribution is 2.11. The first-order valence-electron chi connectivity index (χ1n) is 4.68.